The zero-order chi connectivity index (χ0) is 16.4. The lowest BCUT2D eigenvalue weighted by Gasteiger charge is -2.31. The van der Waals surface area contributed by atoms with Gasteiger partial charge in [-0.3, -0.25) is 9.78 Å². The number of aromatic nitrogens is 3. The molecule has 0 unspecified atom stereocenters. The summed E-state index contributed by atoms with van der Waals surface area (Å²) in [4.78, 5) is 26.7. The van der Waals surface area contributed by atoms with E-state index in [2.05, 4.69) is 15.0 Å². The fourth-order valence-corrected chi connectivity index (χ4v) is 3.67. The molecule has 0 radical (unpaired) electrons. The molecule has 0 saturated carbocycles. The number of amides is 1. The van der Waals surface area contributed by atoms with Crippen molar-refractivity contribution in [2.24, 2.45) is 0 Å². The standard InChI is InChI=1S/C17H16N4O2S/c22-16(14-11-18-7-8-19-14)21-9-5-12(6-10-21)23-17-20-13-3-1-2-4-15(13)24-17/h1-4,7-8,11-12H,5-6,9-10H2. The van der Waals surface area contributed by atoms with Gasteiger partial charge < -0.3 is 9.64 Å². The van der Waals surface area contributed by atoms with Crippen LogP contribution in [0.3, 0.4) is 0 Å². The van der Waals surface area contributed by atoms with Crippen LogP contribution in [0.1, 0.15) is 23.3 Å². The van der Waals surface area contributed by atoms with E-state index in [0.717, 1.165) is 23.1 Å². The van der Waals surface area contributed by atoms with Gasteiger partial charge in [-0.2, -0.15) is 0 Å². The number of likely N-dealkylation sites (tertiary alicyclic amines) is 1. The molecule has 1 aromatic carbocycles. The van der Waals surface area contributed by atoms with E-state index < -0.39 is 0 Å². The quantitative estimate of drug-likeness (QED) is 0.733. The van der Waals surface area contributed by atoms with Gasteiger partial charge in [0, 0.05) is 38.3 Å². The highest BCUT2D eigenvalue weighted by atomic mass is 32.1. The van der Waals surface area contributed by atoms with Crippen LogP contribution >= 0.6 is 11.3 Å². The van der Waals surface area contributed by atoms with Crippen LogP contribution in [0.25, 0.3) is 10.2 Å². The maximum atomic E-state index is 12.4. The summed E-state index contributed by atoms with van der Waals surface area (Å²) in [7, 11) is 0. The number of thiazole rings is 1. The summed E-state index contributed by atoms with van der Waals surface area (Å²) in [5, 5.41) is 0.704. The molecule has 1 aliphatic rings. The molecule has 3 aromatic rings. The fourth-order valence-electron chi connectivity index (χ4n) is 2.79. The second-order valence-electron chi connectivity index (χ2n) is 5.65. The minimum Gasteiger partial charge on any atom is -0.467 e. The maximum absolute atomic E-state index is 12.4. The third kappa shape index (κ3) is 3.07. The molecule has 1 amide bonds. The van der Waals surface area contributed by atoms with Gasteiger partial charge in [0.2, 0.25) is 0 Å². The van der Waals surface area contributed by atoms with E-state index in [1.165, 1.54) is 12.4 Å². The van der Waals surface area contributed by atoms with E-state index >= 15 is 0 Å². The van der Waals surface area contributed by atoms with Gasteiger partial charge >= 0.3 is 0 Å². The summed E-state index contributed by atoms with van der Waals surface area (Å²) < 4.78 is 7.14. The van der Waals surface area contributed by atoms with Crippen LogP contribution in [0.15, 0.2) is 42.9 Å². The van der Waals surface area contributed by atoms with Crippen LogP contribution in [-0.2, 0) is 0 Å². The summed E-state index contributed by atoms with van der Waals surface area (Å²) in [6.07, 6.45) is 6.29. The molecular formula is C17H16N4O2S. The number of hydrogen-bond acceptors (Lipinski definition) is 6. The van der Waals surface area contributed by atoms with Crippen molar-refractivity contribution >= 4 is 27.5 Å². The Labute approximate surface area is 143 Å². The number of hydrogen-bond donors (Lipinski definition) is 0. The molecule has 0 atom stereocenters. The Morgan fingerprint density at radius 2 is 2.04 bits per heavy atom. The number of carbonyl (C=O) groups excluding carboxylic acids is 1. The average molecular weight is 340 g/mol. The maximum Gasteiger partial charge on any atom is 0.274 e. The van der Waals surface area contributed by atoms with Crippen molar-refractivity contribution in [3.8, 4) is 5.19 Å². The number of carbonyl (C=O) groups is 1. The lowest BCUT2D eigenvalue weighted by Crippen LogP contribution is -2.42. The molecule has 6 nitrogen and oxygen atoms in total. The minimum atomic E-state index is -0.0680. The summed E-state index contributed by atoms with van der Waals surface area (Å²) >= 11 is 1.56. The smallest absolute Gasteiger partial charge is 0.274 e. The van der Waals surface area contributed by atoms with Gasteiger partial charge in [-0.05, 0) is 12.1 Å². The SMILES string of the molecule is O=C(c1cnccn1)N1CCC(Oc2nc3ccccc3s2)CC1. The predicted molar refractivity (Wildman–Crippen MR) is 91.2 cm³/mol. The minimum absolute atomic E-state index is 0.0680. The Hall–Kier alpha value is -2.54. The molecule has 1 saturated heterocycles. The first kappa shape index (κ1) is 15.0. The summed E-state index contributed by atoms with van der Waals surface area (Å²) in [6.45, 7) is 1.32. The van der Waals surface area contributed by atoms with Crippen LogP contribution in [0, 0.1) is 0 Å². The topological polar surface area (TPSA) is 68.2 Å². The van der Waals surface area contributed by atoms with Crippen molar-refractivity contribution in [2.75, 3.05) is 13.1 Å². The van der Waals surface area contributed by atoms with Crippen LogP contribution < -0.4 is 4.74 Å². The van der Waals surface area contributed by atoms with Crippen molar-refractivity contribution in [3.05, 3.63) is 48.5 Å². The first-order valence-corrected chi connectivity index (χ1v) is 8.69. The Bertz CT molecular complexity index is 811. The number of rotatable bonds is 3. The number of para-hydroxylation sites is 1. The first-order chi connectivity index (χ1) is 11.8. The second-order valence-corrected chi connectivity index (χ2v) is 6.64. The van der Waals surface area contributed by atoms with E-state index in [4.69, 9.17) is 4.74 Å². The Balaban J connectivity index is 1.37. The molecule has 0 N–H and O–H groups in total. The second kappa shape index (κ2) is 6.52. The Morgan fingerprint density at radius 1 is 1.21 bits per heavy atom. The highest BCUT2D eigenvalue weighted by molar-refractivity contribution is 7.20. The normalized spacial score (nSPS) is 15.6. The van der Waals surface area contributed by atoms with E-state index in [1.807, 2.05) is 29.2 Å². The number of piperidine rings is 1. The Kier molecular flexibility index (Phi) is 4.08. The molecule has 122 valence electrons. The van der Waals surface area contributed by atoms with Crippen molar-refractivity contribution in [2.45, 2.75) is 18.9 Å². The van der Waals surface area contributed by atoms with E-state index in [9.17, 15) is 4.79 Å². The van der Waals surface area contributed by atoms with Crippen molar-refractivity contribution in [3.63, 3.8) is 0 Å². The molecule has 2 aromatic heterocycles. The molecule has 3 heterocycles. The van der Waals surface area contributed by atoms with Crippen LogP contribution in [0.4, 0.5) is 0 Å². The Morgan fingerprint density at radius 3 is 2.79 bits per heavy atom. The number of ether oxygens (including phenoxy) is 1. The van der Waals surface area contributed by atoms with Crippen LogP contribution in [0.2, 0.25) is 0 Å². The molecule has 1 aliphatic heterocycles. The molecule has 0 bridgehead atoms. The van der Waals surface area contributed by atoms with Crippen molar-refractivity contribution in [1.29, 1.82) is 0 Å². The zero-order valence-electron chi connectivity index (χ0n) is 13.0. The van der Waals surface area contributed by atoms with Gasteiger partial charge in [-0.25, -0.2) is 9.97 Å². The predicted octanol–water partition coefficient (Wildman–Crippen LogP) is 2.77. The fraction of sp³-hybridized carbons (Fsp3) is 0.294. The molecule has 24 heavy (non-hydrogen) atoms. The van der Waals surface area contributed by atoms with Gasteiger partial charge in [0.25, 0.3) is 11.1 Å². The number of nitrogens with zero attached hydrogens (tertiary/aromatic N) is 4. The zero-order valence-corrected chi connectivity index (χ0v) is 13.8. The van der Waals surface area contributed by atoms with Crippen molar-refractivity contribution in [1.82, 2.24) is 19.9 Å². The van der Waals surface area contributed by atoms with Crippen LogP contribution in [0.5, 0.6) is 5.19 Å². The first-order valence-electron chi connectivity index (χ1n) is 7.87. The third-order valence-electron chi connectivity index (χ3n) is 4.05. The van der Waals surface area contributed by atoms with Gasteiger partial charge in [0.05, 0.1) is 16.4 Å². The average Bonchev–Trinajstić information content (AvgIpc) is 3.05. The highest BCUT2D eigenvalue weighted by Gasteiger charge is 2.26. The van der Waals surface area contributed by atoms with Gasteiger partial charge in [-0.15, -0.1) is 0 Å². The van der Waals surface area contributed by atoms with E-state index in [0.29, 0.717) is 24.0 Å². The largest absolute Gasteiger partial charge is 0.467 e. The van der Waals surface area contributed by atoms with E-state index in [-0.39, 0.29) is 12.0 Å². The molecule has 0 aliphatic carbocycles. The molecule has 1 fully saturated rings. The highest BCUT2D eigenvalue weighted by Crippen LogP contribution is 2.29. The van der Waals surface area contributed by atoms with Gasteiger partial charge in [-0.1, -0.05) is 23.5 Å². The van der Waals surface area contributed by atoms with Gasteiger partial charge in [0.1, 0.15) is 11.8 Å². The molecule has 4 rings (SSSR count). The van der Waals surface area contributed by atoms with Crippen LogP contribution in [-0.4, -0.2) is 45.0 Å². The molecule has 7 heteroatoms. The lowest BCUT2D eigenvalue weighted by molar-refractivity contribution is 0.0589. The summed E-state index contributed by atoms with van der Waals surface area (Å²) in [5.74, 6) is -0.0680. The van der Waals surface area contributed by atoms with Crippen molar-refractivity contribution < 1.29 is 9.53 Å². The molecule has 0 spiro atoms. The summed E-state index contributed by atoms with van der Waals surface area (Å²) in [6, 6.07) is 8.01. The summed E-state index contributed by atoms with van der Waals surface area (Å²) in [5.41, 5.74) is 1.36. The van der Waals surface area contributed by atoms with E-state index in [1.54, 1.807) is 17.5 Å². The third-order valence-corrected chi connectivity index (χ3v) is 4.98. The number of fused-ring (bicyclic) bond motifs is 1. The van der Waals surface area contributed by atoms with Gasteiger partial charge in [0.15, 0.2) is 0 Å². The number of benzene rings is 1. The lowest BCUT2D eigenvalue weighted by atomic mass is 10.1. The molecular weight excluding hydrogens is 324 g/mol. The monoisotopic (exact) mass is 340 g/mol.